The highest BCUT2D eigenvalue weighted by atomic mass is 32.2. The van der Waals surface area contributed by atoms with Crippen molar-refractivity contribution in [1.82, 2.24) is 0 Å². The molecule has 0 heterocycles. The van der Waals surface area contributed by atoms with Crippen LogP contribution in [0.15, 0.2) is 12.1 Å². The predicted octanol–water partition coefficient (Wildman–Crippen LogP) is 4.42. The molecule has 0 spiro atoms. The van der Waals surface area contributed by atoms with E-state index in [4.69, 9.17) is 4.74 Å². The molecule has 1 rings (SSSR count). The fraction of sp³-hybridized carbons (Fsp3) is 0.562. The standard InChI is InChI=1S/C16H24O2S/c1-6-18-16-13(5)9-12(4)10-14(16)15(17)7-8-19-11(2)3/h9-11H,6-8H2,1-5H3. The molecule has 0 saturated heterocycles. The van der Waals surface area contributed by atoms with Crippen molar-refractivity contribution in [2.45, 2.75) is 46.3 Å². The number of carbonyl (C=O) groups excluding carboxylic acids is 1. The summed E-state index contributed by atoms with van der Waals surface area (Å²) < 4.78 is 5.64. The van der Waals surface area contributed by atoms with E-state index in [1.807, 2.05) is 38.6 Å². The van der Waals surface area contributed by atoms with Gasteiger partial charge in [-0.05, 0) is 43.2 Å². The summed E-state index contributed by atoms with van der Waals surface area (Å²) in [6.07, 6.45) is 0.575. The van der Waals surface area contributed by atoms with Crippen LogP contribution in [0.2, 0.25) is 0 Å². The van der Waals surface area contributed by atoms with E-state index in [0.29, 0.717) is 18.3 Å². The monoisotopic (exact) mass is 280 g/mol. The van der Waals surface area contributed by atoms with Crippen LogP contribution in [-0.2, 0) is 0 Å². The van der Waals surface area contributed by atoms with E-state index < -0.39 is 0 Å². The SMILES string of the molecule is CCOc1c(C)cc(C)cc1C(=O)CCSC(C)C. The van der Waals surface area contributed by atoms with E-state index in [0.717, 1.165) is 28.2 Å². The molecule has 0 aliphatic rings. The zero-order valence-electron chi connectivity index (χ0n) is 12.6. The number of Topliss-reactive ketones (excluding diaryl/α,β-unsaturated/α-hetero) is 1. The lowest BCUT2D eigenvalue weighted by molar-refractivity contribution is 0.0985. The zero-order valence-corrected chi connectivity index (χ0v) is 13.4. The summed E-state index contributed by atoms with van der Waals surface area (Å²) in [5.74, 6) is 1.81. The van der Waals surface area contributed by atoms with E-state index in [9.17, 15) is 4.79 Å². The van der Waals surface area contributed by atoms with Crippen LogP contribution in [0.5, 0.6) is 5.75 Å². The van der Waals surface area contributed by atoms with Gasteiger partial charge in [-0.25, -0.2) is 0 Å². The molecule has 1 aromatic rings. The maximum atomic E-state index is 12.3. The Morgan fingerprint density at radius 2 is 2.00 bits per heavy atom. The topological polar surface area (TPSA) is 26.3 Å². The largest absolute Gasteiger partial charge is 0.493 e. The van der Waals surface area contributed by atoms with Gasteiger partial charge in [0.2, 0.25) is 0 Å². The average molecular weight is 280 g/mol. The number of ketones is 1. The lowest BCUT2D eigenvalue weighted by Crippen LogP contribution is -2.07. The second-order valence-corrected chi connectivity index (χ2v) is 6.67. The van der Waals surface area contributed by atoms with Gasteiger partial charge < -0.3 is 4.74 Å². The molecule has 1 aromatic carbocycles. The fourth-order valence-corrected chi connectivity index (χ4v) is 2.79. The predicted molar refractivity (Wildman–Crippen MR) is 83.6 cm³/mol. The zero-order chi connectivity index (χ0) is 14.4. The summed E-state index contributed by atoms with van der Waals surface area (Å²) in [6, 6.07) is 4.00. The maximum Gasteiger partial charge on any atom is 0.167 e. The summed E-state index contributed by atoms with van der Waals surface area (Å²) in [6.45, 7) is 10.8. The summed E-state index contributed by atoms with van der Waals surface area (Å²) in [5.41, 5.74) is 2.89. The average Bonchev–Trinajstić information content (AvgIpc) is 2.31. The minimum Gasteiger partial charge on any atom is -0.493 e. The first-order chi connectivity index (χ1) is 8.95. The molecule has 3 heteroatoms. The highest BCUT2D eigenvalue weighted by molar-refractivity contribution is 7.99. The Bertz CT molecular complexity index is 439. The van der Waals surface area contributed by atoms with E-state index in [-0.39, 0.29) is 5.78 Å². The third kappa shape index (κ3) is 4.90. The molecule has 0 aliphatic carbocycles. The number of carbonyl (C=O) groups is 1. The third-order valence-corrected chi connectivity index (χ3v) is 3.89. The molecule has 19 heavy (non-hydrogen) atoms. The molecule has 0 aromatic heterocycles. The van der Waals surface area contributed by atoms with Gasteiger partial charge in [0.15, 0.2) is 5.78 Å². The summed E-state index contributed by atoms with van der Waals surface area (Å²) >= 11 is 1.82. The van der Waals surface area contributed by atoms with Gasteiger partial charge in [0.05, 0.1) is 12.2 Å². The Morgan fingerprint density at radius 3 is 2.58 bits per heavy atom. The van der Waals surface area contributed by atoms with Crippen LogP contribution in [0.4, 0.5) is 0 Å². The van der Waals surface area contributed by atoms with Gasteiger partial charge in [-0.2, -0.15) is 11.8 Å². The van der Waals surface area contributed by atoms with Gasteiger partial charge in [0.25, 0.3) is 0 Å². The molecule has 0 radical (unpaired) electrons. The Hall–Kier alpha value is -0.960. The maximum absolute atomic E-state index is 12.3. The minimum absolute atomic E-state index is 0.184. The number of rotatable bonds is 7. The summed E-state index contributed by atoms with van der Waals surface area (Å²) in [7, 11) is 0. The molecule has 0 aliphatic heterocycles. The summed E-state index contributed by atoms with van der Waals surface area (Å²) in [5, 5.41) is 0.568. The van der Waals surface area contributed by atoms with Gasteiger partial charge in [-0.15, -0.1) is 0 Å². The van der Waals surface area contributed by atoms with Gasteiger partial charge in [-0.3, -0.25) is 4.79 Å². The van der Waals surface area contributed by atoms with Gasteiger partial charge in [0, 0.05) is 12.2 Å². The molecular formula is C16H24O2S. The smallest absolute Gasteiger partial charge is 0.167 e. The van der Waals surface area contributed by atoms with Crippen molar-refractivity contribution in [3.8, 4) is 5.75 Å². The van der Waals surface area contributed by atoms with Crippen molar-refractivity contribution in [3.63, 3.8) is 0 Å². The number of hydrogen-bond acceptors (Lipinski definition) is 3. The first-order valence-electron chi connectivity index (χ1n) is 6.84. The quantitative estimate of drug-likeness (QED) is 0.692. The van der Waals surface area contributed by atoms with Crippen LogP contribution in [0.25, 0.3) is 0 Å². The van der Waals surface area contributed by atoms with Crippen molar-refractivity contribution in [3.05, 3.63) is 28.8 Å². The van der Waals surface area contributed by atoms with Crippen molar-refractivity contribution in [1.29, 1.82) is 0 Å². The molecule has 0 unspecified atom stereocenters. The van der Waals surface area contributed by atoms with Crippen LogP contribution in [0.3, 0.4) is 0 Å². The first-order valence-corrected chi connectivity index (χ1v) is 7.89. The van der Waals surface area contributed by atoms with Crippen molar-refractivity contribution >= 4 is 17.5 Å². The van der Waals surface area contributed by atoms with Crippen LogP contribution >= 0.6 is 11.8 Å². The van der Waals surface area contributed by atoms with Gasteiger partial charge in [0.1, 0.15) is 5.75 Å². The lowest BCUT2D eigenvalue weighted by atomic mass is 10.0. The number of ether oxygens (including phenoxy) is 1. The van der Waals surface area contributed by atoms with E-state index in [2.05, 4.69) is 19.9 Å². The van der Waals surface area contributed by atoms with Crippen molar-refractivity contribution in [2.24, 2.45) is 0 Å². The van der Waals surface area contributed by atoms with E-state index in [1.165, 1.54) is 0 Å². The normalized spacial score (nSPS) is 10.8. The van der Waals surface area contributed by atoms with E-state index >= 15 is 0 Å². The molecule has 0 saturated carbocycles. The second-order valence-electron chi connectivity index (χ2n) is 4.98. The van der Waals surface area contributed by atoms with Crippen molar-refractivity contribution in [2.75, 3.05) is 12.4 Å². The highest BCUT2D eigenvalue weighted by Crippen LogP contribution is 2.27. The Morgan fingerprint density at radius 1 is 1.32 bits per heavy atom. The molecular weight excluding hydrogens is 256 g/mol. The molecule has 0 N–H and O–H groups in total. The second kappa shape index (κ2) is 7.59. The third-order valence-electron chi connectivity index (χ3n) is 2.79. The summed E-state index contributed by atoms with van der Waals surface area (Å²) in [4.78, 5) is 12.3. The molecule has 0 atom stereocenters. The van der Waals surface area contributed by atoms with Crippen LogP contribution in [0, 0.1) is 13.8 Å². The lowest BCUT2D eigenvalue weighted by Gasteiger charge is -2.14. The molecule has 0 bridgehead atoms. The van der Waals surface area contributed by atoms with Crippen LogP contribution in [-0.4, -0.2) is 23.4 Å². The van der Waals surface area contributed by atoms with E-state index in [1.54, 1.807) is 0 Å². The number of benzene rings is 1. The van der Waals surface area contributed by atoms with Crippen LogP contribution in [0.1, 0.15) is 48.7 Å². The number of hydrogen-bond donors (Lipinski definition) is 0. The Balaban J connectivity index is 2.88. The molecule has 0 fully saturated rings. The number of aryl methyl sites for hydroxylation is 2. The van der Waals surface area contributed by atoms with Gasteiger partial charge >= 0.3 is 0 Å². The fourth-order valence-electron chi connectivity index (χ4n) is 2.02. The Labute approximate surface area is 120 Å². The molecule has 2 nitrogen and oxygen atoms in total. The number of thioether (sulfide) groups is 1. The van der Waals surface area contributed by atoms with Crippen LogP contribution < -0.4 is 4.74 Å². The van der Waals surface area contributed by atoms with Gasteiger partial charge in [-0.1, -0.05) is 19.9 Å². The Kier molecular flexibility index (Phi) is 6.43. The molecule has 106 valence electrons. The minimum atomic E-state index is 0.184. The van der Waals surface area contributed by atoms with Crippen molar-refractivity contribution < 1.29 is 9.53 Å². The highest BCUT2D eigenvalue weighted by Gasteiger charge is 2.15. The first kappa shape index (κ1) is 16.1. The molecule has 0 amide bonds.